The molecule has 1 heterocycles. The van der Waals surface area contributed by atoms with Crippen LogP contribution < -0.4 is 15.7 Å². The first-order valence-corrected chi connectivity index (χ1v) is 9.91. The Hall–Kier alpha value is -4.41. The number of rotatable bonds is 7. The first-order chi connectivity index (χ1) is 15.7. The summed E-state index contributed by atoms with van der Waals surface area (Å²) in [4.78, 5) is 23.5. The molecule has 1 N–H and O–H groups in total. The molecule has 170 valence electrons. The number of nitro benzene ring substituents is 1. The predicted octanol–water partition coefficient (Wildman–Crippen LogP) is 3.18. The van der Waals surface area contributed by atoms with Crippen LogP contribution in [0.5, 0.6) is 5.75 Å². The van der Waals surface area contributed by atoms with Gasteiger partial charge in [-0.1, -0.05) is 32.9 Å². The number of non-ortho nitro benzene ring substituents is 1. The summed E-state index contributed by atoms with van der Waals surface area (Å²) in [6, 6.07) is 13.1. The molecule has 0 bridgehead atoms. The van der Waals surface area contributed by atoms with E-state index in [0.717, 1.165) is 10.2 Å². The van der Waals surface area contributed by atoms with E-state index in [2.05, 4.69) is 25.8 Å². The van der Waals surface area contributed by atoms with Crippen molar-refractivity contribution >= 4 is 24.1 Å². The van der Waals surface area contributed by atoms with Crippen LogP contribution in [0.3, 0.4) is 0 Å². The van der Waals surface area contributed by atoms with Crippen LogP contribution in [0.1, 0.15) is 37.6 Å². The van der Waals surface area contributed by atoms with Gasteiger partial charge in [0.05, 0.1) is 24.5 Å². The van der Waals surface area contributed by atoms with Crippen molar-refractivity contribution in [1.29, 1.82) is 0 Å². The third-order valence-corrected chi connectivity index (χ3v) is 4.45. The van der Waals surface area contributed by atoms with Crippen LogP contribution in [0.25, 0.3) is 0 Å². The number of nitrogens with zero attached hydrogens (tertiary/aromatic N) is 6. The lowest BCUT2D eigenvalue weighted by molar-refractivity contribution is -0.384. The normalized spacial score (nSPS) is 11.8. The van der Waals surface area contributed by atoms with Crippen molar-refractivity contribution < 1.29 is 9.66 Å². The van der Waals surface area contributed by atoms with Crippen LogP contribution in [0.4, 0.5) is 11.6 Å². The summed E-state index contributed by atoms with van der Waals surface area (Å²) in [5.41, 5.74) is 3.05. The number of hydrazone groups is 1. The van der Waals surface area contributed by atoms with Gasteiger partial charge in [0, 0.05) is 23.1 Å². The Balaban J connectivity index is 1.94. The number of ether oxygens (including phenoxy) is 1. The summed E-state index contributed by atoms with van der Waals surface area (Å²) >= 11 is 0. The number of aromatic nitrogens is 3. The van der Waals surface area contributed by atoms with E-state index in [9.17, 15) is 14.9 Å². The van der Waals surface area contributed by atoms with Gasteiger partial charge in [0.25, 0.3) is 17.2 Å². The molecular weight excluding hydrogens is 426 g/mol. The first-order valence-electron chi connectivity index (χ1n) is 9.91. The molecular formula is C22H23N7O4. The molecule has 0 radical (unpaired) electrons. The molecule has 0 spiro atoms. The Bertz CT molecular complexity index is 1260. The van der Waals surface area contributed by atoms with E-state index in [1.807, 2.05) is 20.8 Å². The second kappa shape index (κ2) is 9.81. The number of nitrogens with one attached hydrogen (secondary N) is 1. The van der Waals surface area contributed by atoms with Crippen molar-refractivity contribution in [1.82, 2.24) is 14.9 Å². The number of methoxy groups -OCH3 is 1. The van der Waals surface area contributed by atoms with E-state index in [-0.39, 0.29) is 17.3 Å². The third kappa shape index (κ3) is 5.85. The van der Waals surface area contributed by atoms with Crippen LogP contribution >= 0.6 is 0 Å². The van der Waals surface area contributed by atoms with Crippen molar-refractivity contribution in [2.24, 2.45) is 10.2 Å². The maximum absolute atomic E-state index is 13.1. The van der Waals surface area contributed by atoms with E-state index in [4.69, 9.17) is 4.74 Å². The molecule has 11 nitrogen and oxygen atoms in total. The molecule has 0 aliphatic rings. The van der Waals surface area contributed by atoms with Gasteiger partial charge in [-0.15, -0.1) is 10.2 Å². The van der Waals surface area contributed by atoms with E-state index >= 15 is 0 Å². The highest BCUT2D eigenvalue weighted by molar-refractivity contribution is 5.81. The van der Waals surface area contributed by atoms with Crippen molar-refractivity contribution in [3.8, 4) is 5.75 Å². The number of anilines is 1. The predicted molar refractivity (Wildman–Crippen MR) is 125 cm³/mol. The third-order valence-electron chi connectivity index (χ3n) is 4.45. The number of hydrogen-bond acceptors (Lipinski definition) is 9. The molecule has 0 atom stereocenters. The summed E-state index contributed by atoms with van der Waals surface area (Å²) in [7, 11) is 1.57. The van der Waals surface area contributed by atoms with E-state index in [1.54, 1.807) is 43.5 Å². The zero-order valence-corrected chi connectivity index (χ0v) is 18.6. The molecule has 2 aromatic carbocycles. The molecule has 0 amide bonds. The lowest BCUT2D eigenvalue weighted by atomic mass is 9.93. The highest BCUT2D eigenvalue weighted by Gasteiger charge is 2.23. The van der Waals surface area contributed by atoms with E-state index < -0.39 is 15.9 Å². The summed E-state index contributed by atoms with van der Waals surface area (Å²) in [6.07, 6.45) is 2.87. The van der Waals surface area contributed by atoms with Crippen LogP contribution in [0.2, 0.25) is 0 Å². The quantitative estimate of drug-likeness (QED) is 0.332. The fraction of sp³-hybridized carbons (Fsp3) is 0.227. The minimum absolute atomic E-state index is 0.0144. The molecule has 3 rings (SSSR count). The van der Waals surface area contributed by atoms with Crippen LogP contribution in [0.15, 0.2) is 63.5 Å². The van der Waals surface area contributed by atoms with Crippen LogP contribution in [-0.2, 0) is 5.41 Å². The average molecular weight is 449 g/mol. The number of hydrogen-bond donors (Lipinski definition) is 1. The number of benzene rings is 2. The SMILES string of the molecule is COc1ccc(/C=N/n2c(N/N=C\c3cccc([N+](=O)[O-])c3)nnc(C(C)(C)C)c2=O)cc1. The molecule has 0 fully saturated rings. The van der Waals surface area contributed by atoms with E-state index in [0.29, 0.717) is 11.3 Å². The molecule has 0 aliphatic heterocycles. The topological polar surface area (TPSA) is 137 Å². The maximum Gasteiger partial charge on any atom is 0.298 e. The molecule has 0 unspecified atom stereocenters. The second-order valence-electron chi connectivity index (χ2n) is 7.98. The van der Waals surface area contributed by atoms with E-state index in [1.165, 1.54) is 24.6 Å². The van der Waals surface area contributed by atoms with Gasteiger partial charge < -0.3 is 4.74 Å². The minimum Gasteiger partial charge on any atom is -0.497 e. The zero-order chi connectivity index (χ0) is 24.0. The lowest BCUT2D eigenvalue weighted by Gasteiger charge is -2.17. The van der Waals surface area contributed by atoms with Gasteiger partial charge in [-0.3, -0.25) is 14.9 Å². The van der Waals surface area contributed by atoms with Crippen molar-refractivity contribution in [2.75, 3.05) is 12.5 Å². The highest BCUT2D eigenvalue weighted by Crippen LogP contribution is 2.17. The van der Waals surface area contributed by atoms with Crippen LogP contribution in [-0.4, -0.2) is 39.3 Å². The van der Waals surface area contributed by atoms with Gasteiger partial charge in [0.2, 0.25) is 0 Å². The molecule has 0 saturated heterocycles. The molecule has 33 heavy (non-hydrogen) atoms. The van der Waals surface area contributed by atoms with Crippen molar-refractivity contribution in [2.45, 2.75) is 26.2 Å². The maximum atomic E-state index is 13.1. The fourth-order valence-electron chi connectivity index (χ4n) is 2.72. The number of nitro groups is 1. The van der Waals surface area contributed by atoms with Gasteiger partial charge in [-0.05, 0) is 29.8 Å². The summed E-state index contributed by atoms with van der Waals surface area (Å²) in [6.45, 7) is 5.55. The van der Waals surface area contributed by atoms with Crippen LogP contribution in [0, 0.1) is 10.1 Å². The van der Waals surface area contributed by atoms with Gasteiger partial charge >= 0.3 is 0 Å². The Morgan fingerprint density at radius 2 is 1.82 bits per heavy atom. The zero-order valence-electron chi connectivity index (χ0n) is 18.6. The fourth-order valence-corrected chi connectivity index (χ4v) is 2.72. The minimum atomic E-state index is -0.549. The largest absolute Gasteiger partial charge is 0.497 e. The molecule has 1 aromatic heterocycles. The molecule has 3 aromatic rings. The Kier molecular flexibility index (Phi) is 6.91. The van der Waals surface area contributed by atoms with Gasteiger partial charge in [-0.2, -0.15) is 14.9 Å². The highest BCUT2D eigenvalue weighted by atomic mass is 16.6. The summed E-state index contributed by atoms with van der Waals surface area (Å²) in [5.74, 6) is 0.683. The lowest BCUT2D eigenvalue weighted by Crippen LogP contribution is -2.33. The molecule has 11 heteroatoms. The van der Waals surface area contributed by atoms with Gasteiger partial charge in [0.1, 0.15) is 11.4 Å². The first kappa shape index (κ1) is 23.3. The molecule has 0 aliphatic carbocycles. The molecule has 0 saturated carbocycles. The van der Waals surface area contributed by atoms with Crippen molar-refractivity contribution in [3.05, 3.63) is 85.8 Å². The van der Waals surface area contributed by atoms with Gasteiger partial charge in [0.15, 0.2) is 0 Å². The Morgan fingerprint density at radius 1 is 1.09 bits per heavy atom. The van der Waals surface area contributed by atoms with Gasteiger partial charge in [-0.25, -0.2) is 5.43 Å². The summed E-state index contributed by atoms with van der Waals surface area (Å²) in [5, 5.41) is 27.4. The van der Waals surface area contributed by atoms with Crippen molar-refractivity contribution in [3.63, 3.8) is 0 Å². The summed E-state index contributed by atoms with van der Waals surface area (Å²) < 4.78 is 6.22. The smallest absolute Gasteiger partial charge is 0.298 e. The Morgan fingerprint density at radius 3 is 2.45 bits per heavy atom. The standard InChI is InChI=1S/C22H23N7O4/c1-22(2,3)19-20(30)28(24-14-15-8-10-18(33-4)11-9-15)21(27-25-19)26-23-13-16-6-5-7-17(12-16)29(31)32/h5-14H,1-4H3,(H,26,27)/b23-13-,24-14+. The monoisotopic (exact) mass is 449 g/mol. The average Bonchev–Trinajstić information content (AvgIpc) is 2.78. The Labute approximate surface area is 189 Å². The second-order valence-corrected chi connectivity index (χ2v) is 7.98.